The summed E-state index contributed by atoms with van der Waals surface area (Å²) in [6.07, 6.45) is 0. The molecule has 0 saturated carbocycles. The fourth-order valence-corrected chi connectivity index (χ4v) is 0. The van der Waals surface area contributed by atoms with Crippen LogP contribution in [0.5, 0.6) is 0 Å². The molecule has 2 heteroatoms. The summed E-state index contributed by atoms with van der Waals surface area (Å²) in [5, 5.41) is 9.30. The van der Waals surface area contributed by atoms with Gasteiger partial charge in [0.25, 0.3) is 0 Å². The van der Waals surface area contributed by atoms with Crippen LogP contribution in [-0.4, -0.2) is 17.8 Å². The SMILES string of the molecule is C[NH+](O)C(C)(C)C. The highest BCUT2D eigenvalue weighted by molar-refractivity contribution is 4.51. The van der Waals surface area contributed by atoms with E-state index in [-0.39, 0.29) is 5.54 Å². The minimum absolute atomic E-state index is 0.0278. The van der Waals surface area contributed by atoms with Crippen molar-refractivity contribution in [2.45, 2.75) is 26.3 Å². The third-order valence-electron chi connectivity index (χ3n) is 1.09. The first-order chi connectivity index (χ1) is 2.94. The lowest BCUT2D eigenvalue weighted by molar-refractivity contribution is -1.11. The van der Waals surface area contributed by atoms with Crippen molar-refractivity contribution in [2.24, 2.45) is 0 Å². The van der Waals surface area contributed by atoms with Gasteiger partial charge in [-0.2, -0.15) is 5.06 Å². The van der Waals surface area contributed by atoms with E-state index in [4.69, 9.17) is 5.21 Å². The molecule has 7 heavy (non-hydrogen) atoms. The van der Waals surface area contributed by atoms with Gasteiger partial charge < -0.3 is 0 Å². The topological polar surface area (TPSA) is 24.7 Å². The molecule has 0 spiro atoms. The summed E-state index contributed by atoms with van der Waals surface area (Å²) in [6.45, 7) is 5.92. The van der Waals surface area contributed by atoms with Crippen LogP contribution in [0.2, 0.25) is 0 Å². The average Bonchev–Trinajstić information content (AvgIpc) is 1.31. The maximum Gasteiger partial charge on any atom is 0.118 e. The molecule has 0 amide bonds. The van der Waals surface area contributed by atoms with Crippen molar-refractivity contribution in [1.29, 1.82) is 0 Å². The predicted molar refractivity (Wildman–Crippen MR) is 28.4 cm³/mol. The third kappa shape index (κ3) is 2.60. The molecule has 1 atom stereocenters. The zero-order valence-corrected chi connectivity index (χ0v) is 5.45. The van der Waals surface area contributed by atoms with E-state index in [1.54, 1.807) is 7.05 Å². The Labute approximate surface area is 44.7 Å². The second-order valence-electron chi connectivity index (χ2n) is 2.84. The van der Waals surface area contributed by atoms with Crippen LogP contribution < -0.4 is 5.06 Å². The van der Waals surface area contributed by atoms with E-state index < -0.39 is 0 Å². The minimum atomic E-state index is -0.0278. The Morgan fingerprint density at radius 1 is 1.29 bits per heavy atom. The Bertz CT molecular complexity index is 53.6. The normalized spacial score (nSPS) is 16.7. The lowest BCUT2D eigenvalue weighted by Gasteiger charge is -2.19. The van der Waals surface area contributed by atoms with Gasteiger partial charge in [-0.05, 0) is 20.8 Å². The van der Waals surface area contributed by atoms with E-state index in [0.29, 0.717) is 5.06 Å². The number of hydrogen-bond donors (Lipinski definition) is 2. The largest absolute Gasteiger partial charge is 0.219 e. The molecular weight excluding hydrogens is 90.1 g/mol. The highest BCUT2D eigenvalue weighted by Crippen LogP contribution is 1.88. The van der Waals surface area contributed by atoms with Crippen molar-refractivity contribution in [3.63, 3.8) is 0 Å². The molecule has 0 aromatic rings. The molecule has 0 aliphatic carbocycles. The third-order valence-corrected chi connectivity index (χ3v) is 1.09. The van der Waals surface area contributed by atoms with Crippen molar-refractivity contribution >= 4 is 0 Å². The fourth-order valence-electron chi connectivity index (χ4n) is 0. The van der Waals surface area contributed by atoms with E-state index >= 15 is 0 Å². The standard InChI is InChI=1S/C5H13NO/c1-5(2,3)6(4)7/h7H,1-4H3/p+1. The van der Waals surface area contributed by atoms with Gasteiger partial charge in [0, 0.05) is 0 Å². The first kappa shape index (κ1) is 6.92. The number of hydroxylamine groups is 2. The van der Waals surface area contributed by atoms with Gasteiger partial charge in [-0.25, -0.2) is 5.21 Å². The minimum Gasteiger partial charge on any atom is -0.219 e. The maximum absolute atomic E-state index is 8.81. The molecule has 0 bridgehead atoms. The summed E-state index contributed by atoms with van der Waals surface area (Å²) in [7, 11) is 1.72. The summed E-state index contributed by atoms with van der Waals surface area (Å²) < 4.78 is 0. The number of nitrogens with one attached hydrogen (secondary N) is 1. The molecule has 0 aliphatic rings. The second-order valence-corrected chi connectivity index (χ2v) is 2.84. The van der Waals surface area contributed by atoms with Crippen LogP contribution in [0, 0.1) is 0 Å². The van der Waals surface area contributed by atoms with Crippen molar-refractivity contribution in [1.82, 2.24) is 0 Å². The molecule has 0 rings (SSSR count). The van der Waals surface area contributed by atoms with Gasteiger partial charge in [-0.15, -0.1) is 0 Å². The van der Waals surface area contributed by atoms with Gasteiger partial charge in [0.05, 0.1) is 7.05 Å². The van der Waals surface area contributed by atoms with Gasteiger partial charge in [-0.1, -0.05) is 0 Å². The average molecular weight is 104 g/mol. The predicted octanol–water partition coefficient (Wildman–Crippen LogP) is -0.311. The van der Waals surface area contributed by atoms with Gasteiger partial charge >= 0.3 is 0 Å². The molecule has 0 radical (unpaired) electrons. The van der Waals surface area contributed by atoms with E-state index in [1.807, 2.05) is 20.8 Å². The van der Waals surface area contributed by atoms with Crippen LogP contribution in [0.3, 0.4) is 0 Å². The maximum atomic E-state index is 8.81. The Morgan fingerprint density at radius 3 is 1.43 bits per heavy atom. The van der Waals surface area contributed by atoms with Crippen molar-refractivity contribution in [3.8, 4) is 0 Å². The molecular formula is C5H14NO+. The number of rotatable bonds is 0. The van der Waals surface area contributed by atoms with Crippen LogP contribution in [0.15, 0.2) is 0 Å². The lowest BCUT2D eigenvalue weighted by Crippen LogP contribution is -3.14. The Balaban J connectivity index is 3.54. The van der Waals surface area contributed by atoms with Gasteiger partial charge in [0.15, 0.2) is 0 Å². The first-order valence-corrected chi connectivity index (χ1v) is 2.47. The van der Waals surface area contributed by atoms with Crippen LogP contribution in [0.4, 0.5) is 0 Å². The molecule has 1 unspecified atom stereocenters. The van der Waals surface area contributed by atoms with Crippen LogP contribution in [-0.2, 0) is 0 Å². The fraction of sp³-hybridized carbons (Fsp3) is 1.00. The molecule has 2 nitrogen and oxygen atoms in total. The summed E-state index contributed by atoms with van der Waals surface area (Å²) >= 11 is 0. The quantitative estimate of drug-likeness (QED) is 0.405. The van der Waals surface area contributed by atoms with Crippen LogP contribution in [0.1, 0.15) is 20.8 Å². The highest BCUT2D eigenvalue weighted by atomic mass is 16.5. The van der Waals surface area contributed by atoms with E-state index in [9.17, 15) is 0 Å². The molecule has 0 heterocycles. The summed E-state index contributed by atoms with van der Waals surface area (Å²) in [6, 6.07) is 0. The Kier molecular flexibility index (Phi) is 1.78. The van der Waals surface area contributed by atoms with E-state index in [0.717, 1.165) is 0 Å². The lowest BCUT2D eigenvalue weighted by atomic mass is 10.1. The van der Waals surface area contributed by atoms with Gasteiger partial charge in [0.2, 0.25) is 0 Å². The van der Waals surface area contributed by atoms with Crippen molar-refractivity contribution in [2.75, 3.05) is 7.05 Å². The molecule has 0 aliphatic heterocycles. The van der Waals surface area contributed by atoms with Crippen molar-refractivity contribution in [3.05, 3.63) is 0 Å². The van der Waals surface area contributed by atoms with Gasteiger partial charge in [0.1, 0.15) is 5.54 Å². The number of hydrogen-bond acceptors (Lipinski definition) is 1. The van der Waals surface area contributed by atoms with Crippen molar-refractivity contribution < 1.29 is 10.3 Å². The van der Waals surface area contributed by atoms with Crippen LogP contribution >= 0.6 is 0 Å². The summed E-state index contributed by atoms with van der Waals surface area (Å²) in [5.41, 5.74) is -0.0278. The number of quaternary nitrogens is 1. The highest BCUT2D eigenvalue weighted by Gasteiger charge is 2.18. The molecule has 2 N–H and O–H groups in total. The zero-order valence-electron chi connectivity index (χ0n) is 5.45. The molecule has 0 aromatic carbocycles. The molecule has 0 aromatic heterocycles. The van der Waals surface area contributed by atoms with E-state index in [2.05, 4.69) is 0 Å². The molecule has 44 valence electrons. The van der Waals surface area contributed by atoms with Crippen LogP contribution in [0.25, 0.3) is 0 Å². The first-order valence-electron chi connectivity index (χ1n) is 2.47. The molecule has 0 saturated heterocycles. The second kappa shape index (κ2) is 1.80. The van der Waals surface area contributed by atoms with E-state index in [1.165, 1.54) is 0 Å². The Morgan fingerprint density at radius 2 is 1.43 bits per heavy atom. The monoisotopic (exact) mass is 104 g/mol. The smallest absolute Gasteiger partial charge is 0.118 e. The summed E-state index contributed by atoms with van der Waals surface area (Å²) in [5.74, 6) is 0. The summed E-state index contributed by atoms with van der Waals surface area (Å²) in [4.78, 5) is 0. The Hall–Kier alpha value is -0.0800. The zero-order chi connectivity index (χ0) is 6.08. The molecule has 0 fully saturated rings. The van der Waals surface area contributed by atoms with Gasteiger partial charge in [-0.3, -0.25) is 0 Å².